The molecule has 216 valence electrons. The van der Waals surface area contributed by atoms with E-state index in [1.807, 2.05) is 48.4 Å². The van der Waals surface area contributed by atoms with Crippen LogP contribution in [0, 0.1) is 13.8 Å². The monoisotopic (exact) mass is 530 g/mol. The van der Waals surface area contributed by atoms with E-state index in [1.54, 1.807) is 0 Å². The average molecular weight is 531 g/mol. The quantitative estimate of drug-likeness (QED) is 0.349. The first-order valence-electron chi connectivity index (χ1n) is 13.5. The van der Waals surface area contributed by atoms with Gasteiger partial charge < -0.3 is 29.9 Å². The maximum absolute atomic E-state index is 9.17. The molecule has 0 amide bonds. The molecule has 0 bridgehead atoms. The van der Waals surface area contributed by atoms with Gasteiger partial charge in [-0.15, -0.1) is 0 Å². The summed E-state index contributed by atoms with van der Waals surface area (Å²) in [6, 6.07) is 17.2. The molecule has 0 aromatic heterocycles. The number of aryl methyl sites for hydroxylation is 2. The molecule has 1 heterocycles. The van der Waals surface area contributed by atoms with E-state index in [2.05, 4.69) is 82.8 Å². The second-order valence-corrected chi connectivity index (χ2v) is 8.17. The van der Waals surface area contributed by atoms with Crippen LogP contribution in [0.3, 0.4) is 0 Å². The van der Waals surface area contributed by atoms with Gasteiger partial charge in [0.2, 0.25) is 0 Å². The van der Waals surface area contributed by atoms with Gasteiger partial charge in [-0.05, 0) is 65.0 Å². The summed E-state index contributed by atoms with van der Waals surface area (Å²) < 4.78 is 0. The number of carbonyl (C=O) groups excluding carboxylic acids is 3. The molecule has 1 fully saturated rings. The number of nitrogens with one attached hydrogen (secondary N) is 2. The van der Waals surface area contributed by atoms with Gasteiger partial charge in [0.25, 0.3) is 0 Å². The van der Waals surface area contributed by atoms with Gasteiger partial charge in [-0.25, -0.2) is 0 Å². The molecule has 0 atom stereocenters. The molecule has 3 rings (SSSR count). The predicted octanol–water partition coefficient (Wildman–Crippen LogP) is 5.41. The lowest BCUT2D eigenvalue weighted by molar-refractivity contribution is -0.107. The van der Waals surface area contributed by atoms with E-state index in [0.717, 1.165) is 25.9 Å². The maximum atomic E-state index is 9.17. The minimum absolute atomic E-state index is 0.639. The molecule has 0 unspecified atom stereocenters. The first-order chi connectivity index (χ1) is 18.5. The molecule has 1 saturated heterocycles. The molecular weight excluding hydrogens is 476 g/mol. The third-order valence-electron chi connectivity index (χ3n) is 5.41. The summed E-state index contributed by atoms with van der Waals surface area (Å²) in [4.78, 5) is 30.3. The number of hydrogen-bond donors (Lipinski definition) is 2. The van der Waals surface area contributed by atoms with E-state index in [1.165, 1.54) is 55.0 Å². The molecule has 1 aliphatic heterocycles. The first kappa shape index (κ1) is 39.5. The third-order valence-corrected chi connectivity index (χ3v) is 5.41. The number of hydrogen-bond acceptors (Lipinski definition) is 7. The highest BCUT2D eigenvalue weighted by atomic mass is 16.1. The molecule has 0 spiro atoms. The second-order valence-electron chi connectivity index (χ2n) is 8.17. The fourth-order valence-corrected chi connectivity index (χ4v) is 3.36. The van der Waals surface area contributed by atoms with E-state index in [-0.39, 0.29) is 0 Å². The Bertz CT molecular complexity index is 741. The number of nitrogens with zero attached hydrogens (tertiary/aromatic N) is 2. The summed E-state index contributed by atoms with van der Waals surface area (Å²) in [7, 11) is 4.00. The van der Waals surface area contributed by atoms with Crippen LogP contribution in [0.2, 0.25) is 0 Å². The summed E-state index contributed by atoms with van der Waals surface area (Å²) in [5, 5.41) is 6.42. The standard InChI is InChI=1S/C16H28N4.C8H10.C3H6O.C2H6.2CH2O/c1-17-8-3-4-9-19-10-12-20(13-11-19)16-7-5-6-15(14-16)18-2;1-7-3-5-8(2)6-4-7;1-2-3-4;3*1-2/h5-7,14,17-18H,3-4,8-13H2,1-2H3;3-6H,1-2H3;3H,2H2,1H3;1-2H3;2*1H2. The van der Waals surface area contributed by atoms with Crippen molar-refractivity contribution in [2.24, 2.45) is 0 Å². The van der Waals surface area contributed by atoms with Crippen molar-refractivity contribution >= 4 is 31.2 Å². The average Bonchev–Trinajstić information content (AvgIpc) is 3.00. The summed E-state index contributed by atoms with van der Waals surface area (Å²) >= 11 is 0. The maximum Gasteiger partial charge on any atom is 0.119 e. The molecule has 0 radical (unpaired) electrons. The molecule has 0 saturated carbocycles. The van der Waals surface area contributed by atoms with Crippen molar-refractivity contribution < 1.29 is 14.4 Å². The Morgan fingerprint density at radius 2 is 1.34 bits per heavy atom. The highest BCUT2D eigenvalue weighted by molar-refractivity contribution is 5.58. The van der Waals surface area contributed by atoms with Gasteiger partial charge in [-0.3, -0.25) is 4.90 Å². The van der Waals surface area contributed by atoms with Crippen molar-refractivity contribution in [2.75, 3.05) is 63.6 Å². The lowest BCUT2D eigenvalue weighted by atomic mass is 10.2. The number of benzene rings is 2. The van der Waals surface area contributed by atoms with Crippen molar-refractivity contribution in [1.29, 1.82) is 0 Å². The van der Waals surface area contributed by atoms with Crippen LogP contribution >= 0.6 is 0 Å². The zero-order valence-corrected chi connectivity index (χ0v) is 25.1. The van der Waals surface area contributed by atoms with E-state index in [0.29, 0.717) is 6.42 Å². The van der Waals surface area contributed by atoms with Crippen LogP contribution in [0.4, 0.5) is 11.4 Å². The smallest absolute Gasteiger partial charge is 0.119 e. The van der Waals surface area contributed by atoms with Gasteiger partial charge in [0.15, 0.2) is 0 Å². The highest BCUT2D eigenvalue weighted by Gasteiger charge is 2.16. The van der Waals surface area contributed by atoms with Crippen LogP contribution in [-0.4, -0.2) is 78.1 Å². The molecule has 2 aromatic carbocycles. The minimum atomic E-state index is 0.639. The number of rotatable bonds is 8. The molecule has 1 aliphatic rings. The van der Waals surface area contributed by atoms with Gasteiger partial charge in [0.1, 0.15) is 19.9 Å². The molecule has 2 N–H and O–H groups in total. The SMILES string of the molecule is C=O.C=O.CC.CCC=O.CNCCCCN1CCN(c2cccc(NC)c2)CC1.Cc1ccc(C)cc1. The Kier molecular flexibility index (Phi) is 31.4. The van der Waals surface area contributed by atoms with Crippen LogP contribution in [0.1, 0.15) is 51.2 Å². The molecule has 0 aliphatic carbocycles. The Balaban J connectivity index is -0.000000562. The zero-order valence-electron chi connectivity index (χ0n) is 25.1. The van der Waals surface area contributed by atoms with Gasteiger partial charge in [-0.1, -0.05) is 62.2 Å². The van der Waals surface area contributed by atoms with Crippen molar-refractivity contribution in [2.45, 2.75) is 53.9 Å². The normalized spacial score (nSPS) is 11.6. The number of aldehydes is 1. The van der Waals surface area contributed by atoms with Crippen molar-refractivity contribution in [3.63, 3.8) is 0 Å². The summed E-state index contributed by atoms with van der Waals surface area (Å²) in [5.74, 6) is 0. The Hall–Kier alpha value is -3.03. The van der Waals surface area contributed by atoms with E-state index >= 15 is 0 Å². The summed E-state index contributed by atoms with van der Waals surface area (Å²) in [6.45, 7) is 21.0. The number of piperazine rings is 1. The minimum Gasteiger partial charge on any atom is -0.388 e. The Labute approximate surface area is 233 Å². The lowest BCUT2D eigenvalue weighted by Gasteiger charge is -2.36. The van der Waals surface area contributed by atoms with Gasteiger partial charge in [0.05, 0.1) is 0 Å². The molecule has 7 heteroatoms. The van der Waals surface area contributed by atoms with Gasteiger partial charge in [-0.2, -0.15) is 0 Å². The lowest BCUT2D eigenvalue weighted by Crippen LogP contribution is -2.46. The van der Waals surface area contributed by atoms with Crippen LogP contribution in [0.15, 0.2) is 48.5 Å². The zero-order chi connectivity index (χ0) is 29.6. The number of carbonyl (C=O) groups is 3. The van der Waals surface area contributed by atoms with Crippen molar-refractivity contribution in [3.05, 3.63) is 59.7 Å². The fourth-order valence-electron chi connectivity index (χ4n) is 3.36. The largest absolute Gasteiger partial charge is 0.388 e. The topological polar surface area (TPSA) is 81.8 Å². The fraction of sp³-hybridized carbons (Fsp3) is 0.516. The summed E-state index contributed by atoms with van der Waals surface area (Å²) in [6.07, 6.45) is 4.09. The van der Waals surface area contributed by atoms with Crippen LogP contribution < -0.4 is 15.5 Å². The van der Waals surface area contributed by atoms with Crippen molar-refractivity contribution in [3.8, 4) is 0 Å². The third kappa shape index (κ3) is 21.1. The van der Waals surface area contributed by atoms with Crippen LogP contribution in [-0.2, 0) is 14.4 Å². The second kappa shape index (κ2) is 30.2. The predicted molar refractivity (Wildman–Crippen MR) is 166 cm³/mol. The number of anilines is 2. The Morgan fingerprint density at radius 1 is 0.842 bits per heavy atom. The number of unbranched alkanes of at least 4 members (excludes halogenated alkanes) is 1. The highest BCUT2D eigenvalue weighted by Crippen LogP contribution is 2.20. The van der Waals surface area contributed by atoms with Crippen LogP contribution in [0.25, 0.3) is 0 Å². The molecule has 2 aromatic rings. The van der Waals surface area contributed by atoms with Gasteiger partial charge >= 0.3 is 0 Å². The van der Waals surface area contributed by atoms with Crippen LogP contribution in [0.5, 0.6) is 0 Å². The van der Waals surface area contributed by atoms with E-state index in [9.17, 15) is 4.79 Å². The van der Waals surface area contributed by atoms with Crippen molar-refractivity contribution in [1.82, 2.24) is 10.2 Å². The van der Waals surface area contributed by atoms with Gasteiger partial charge in [0, 0.05) is 51.0 Å². The molecular formula is C31H54N4O3. The molecule has 38 heavy (non-hydrogen) atoms. The van der Waals surface area contributed by atoms with E-state index < -0.39 is 0 Å². The molecule has 7 nitrogen and oxygen atoms in total. The first-order valence-corrected chi connectivity index (χ1v) is 13.5. The summed E-state index contributed by atoms with van der Waals surface area (Å²) in [5.41, 5.74) is 5.19. The Morgan fingerprint density at radius 3 is 1.76 bits per heavy atom. The van der Waals surface area contributed by atoms with E-state index in [4.69, 9.17) is 9.59 Å².